The smallest absolute Gasteiger partial charge is 0.182 e. The van der Waals surface area contributed by atoms with Crippen molar-refractivity contribution in [2.75, 3.05) is 18.9 Å². The fraction of sp³-hybridized carbons (Fsp3) is 0.462. The van der Waals surface area contributed by atoms with Crippen molar-refractivity contribution in [2.24, 2.45) is 5.92 Å². The number of anilines is 1. The summed E-state index contributed by atoms with van der Waals surface area (Å²) in [6, 6.07) is 5.45. The van der Waals surface area contributed by atoms with Crippen LogP contribution >= 0.6 is 11.6 Å². The average molecular weight is 294 g/mol. The molecular formula is C13H16ClN5O. The molecule has 0 aliphatic carbocycles. The second-order valence-corrected chi connectivity index (χ2v) is 5.38. The van der Waals surface area contributed by atoms with E-state index in [0.29, 0.717) is 16.6 Å². The number of halogens is 1. The maximum atomic E-state index is 6.06. The van der Waals surface area contributed by atoms with Crippen LogP contribution in [0.15, 0.2) is 18.2 Å². The number of ether oxygens (including phenoxy) is 1. The zero-order valence-electron chi connectivity index (χ0n) is 11.0. The Morgan fingerprint density at radius 2 is 2.15 bits per heavy atom. The molecule has 1 aliphatic rings. The van der Waals surface area contributed by atoms with Crippen LogP contribution in [0, 0.1) is 5.92 Å². The Kier molecular flexibility index (Phi) is 3.84. The third-order valence-electron chi connectivity index (χ3n) is 3.56. The van der Waals surface area contributed by atoms with E-state index in [1.807, 2.05) is 10.7 Å². The van der Waals surface area contributed by atoms with Crippen LogP contribution in [0.4, 0.5) is 5.69 Å². The second-order valence-electron chi connectivity index (χ2n) is 4.98. The molecule has 0 saturated carbocycles. The predicted octanol–water partition coefficient (Wildman–Crippen LogP) is 2.00. The standard InChI is InChI=1S/C13H16ClN5O/c14-11-7-10(1-2-12(11)15)13-16-17-18-19(13)8-9-3-5-20-6-4-9/h1-2,7,9H,3-6,8,15H2. The monoisotopic (exact) mass is 293 g/mol. The largest absolute Gasteiger partial charge is 0.398 e. The van der Waals surface area contributed by atoms with E-state index in [9.17, 15) is 0 Å². The lowest BCUT2D eigenvalue weighted by molar-refractivity contribution is 0.0601. The molecule has 2 heterocycles. The Morgan fingerprint density at radius 3 is 2.90 bits per heavy atom. The van der Waals surface area contributed by atoms with Crippen LogP contribution in [0.1, 0.15) is 12.8 Å². The molecule has 1 aromatic heterocycles. The lowest BCUT2D eigenvalue weighted by Crippen LogP contribution is -2.21. The summed E-state index contributed by atoms with van der Waals surface area (Å²) < 4.78 is 7.20. The quantitative estimate of drug-likeness (QED) is 0.876. The fourth-order valence-corrected chi connectivity index (χ4v) is 2.55. The van der Waals surface area contributed by atoms with Gasteiger partial charge in [0.15, 0.2) is 5.82 Å². The van der Waals surface area contributed by atoms with Crippen molar-refractivity contribution in [2.45, 2.75) is 19.4 Å². The summed E-state index contributed by atoms with van der Waals surface area (Å²) >= 11 is 6.06. The molecule has 7 heteroatoms. The molecule has 1 saturated heterocycles. The first-order valence-electron chi connectivity index (χ1n) is 6.63. The topological polar surface area (TPSA) is 78.9 Å². The van der Waals surface area contributed by atoms with Crippen molar-refractivity contribution in [3.8, 4) is 11.4 Å². The number of hydrogen-bond donors (Lipinski definition) is 1. The highest BCUT2D eigenvalue weighted by molar-refractivity contribution is 6.33. The summed E-state index contributed by atoms with van der Waals surface area (Å²) in [6.07, 6.45) is 2.09. The highest BCUT2D eigenvalue weighted by Crippen LogP contribution is 2.26. The van der Waals surface area contributed by atoms with Gasteiger partial charge in [-0.25, -0.2) is 4.68 Å². The molecule has 20 heavy (non-hydrogen) atoms. The van der Waals surface area contributed by atoms with Gasteiger partial charge in [-0.3, -0.25) is 0 Å². The summed E-state index contributed by atoms with van der Waals surface area (Å²) in [6.45, 7) is 2.43. The SMILES string of the molecule is Nc1ccc(-c2nnnn2CC2CCOCC2)cc1Cl. The van der Waals surface area contributed by atoms with Crippen LogP contribution in [0.3, 0.4) is 0 Å². The third kappa shape index (κ3) is 2.76. The highest BCUT2D eigenvalue weighted by atomic mass is 35.5. The van der Waals surface area contributed by atoms with E-state index in [-0.39, 0.29) is 0 Å². The third-order valence-corrected chi connectivity index (χ3v) is 3.89. The number of nitrogen functional groups attached to an aromatic ring is 1. The maximum Gasteiger partial charge on any atom is 0.182 e. The zero-order valence-corrected chi connectivity index (χ0v) is 11.8. The van der Waals surface area contributed by atoms with E-state index >= 15 is 0 Å². The minimum absolute atomic E-state index is 0.517. The normalized spacial score (nSPS) is 16.4. The molecule has 0 atom stereocenters. The van der Waals surface area contributed by atoms with Crippen LogP contribution in [-0.4, -0.2) is 33.4 Å². The molecule has 6 nitrogen and oxygen atoms in total. The molecule has 0 radical (unpaired) electrons. The average Bonchev–Trinajstić information content (AvgIpc) is 2.91. The van der Waals surface area contributed by atoms with Crippen LogP contribution in [-0.2, 0) is 11.3 Å². The van der Waals surface area contributed by atoms with Gasteiger partial charge in [0.25, 0.3) is 0 Å². The molecule has 0 amide bonds. The predicted molar refractivity (Wildman–Crippen MR) is 76.2 cm³/mol. The van der Waals surface area contributed by atoms with Gasteiger partial charge in [-0.15, -0.1) is 5.10 Å². The molecular weight excluding hydrogens is 278 g/mol. The summed E-state index contributed by atoms with van der Waals surface area (Å²) in [5.41, 5.74) is 7.16. The van der Waals surface area contributed by atoms with Crippen LogP contribution in [0.5, 0.6) is 0 Å². The number of nitrogens with two attached hydrogens (primary N) is 1. The Bertz CT molecular complexity index is 594. The van der Waals surface area contributed by atoms with Crippen LogP contribution < -0.4 is 5.73 Å². The molecule has 3 rings (SSSR count). The summed E-state index contributed by atoms with van der Waals surface area (Å²) in [7, 11) is 0. The van der Waals surface area contributed by atoms with Gasteiger partial charge in [-0.05, 0) is 47.4 Å². The molecule has 0 bridgehead atoms. The number of hydrogen-bond acceptors (Lipinski definition) is 5. The molecule has 2 N–H and O–H groups in total. The highest BCUT2D eigenvalue weighted by Gasteiger charge is 2.18. The minimum atomic E-state index is 0.517. The van der Waals surface area contributed by atoms with E-state index < -0.39 is 0 Å². The number of aromatic nitrogens is 4. The van der Waals surface area contributed by atoms with Crippen molar-refractivity contribution in [3.63, 3.8) is 0 Å². The number of benzene rings is 1. The van der Waals surface area contributed by atoms with Gasteiger partial charge in [0.05, 0.1) is 10.7 Å². The minimum Gasteiger partial charge on any atom is -0.398 e. The Labute approximate surface area is 121 Å². The molecule has 2 aromatic rings. The Morgan fingerprint density at radius 1 is 1.35 bits per heavy atom. The lowest BCUT2D eigenvalue weighted by Gasteiger charge is -2.21. The number of rotatable bonds is 3. The van der Waals surface area contributed by atoms with Gasteiger partial charge in [0.2, 0.25) is 0 Å². The number of tetrazole rings is 1. The van der Waals surface area contributed by atoms with Gasteiger partial charge < -0.3 is 10.5 Å². The van der Waals surface area contributed by atoms with Crippen LogP contribution in [0.25, 0.3) is 11.4 Å². The second kappa shape index (κ2) is 5.76. The van der Waals surface area contributed by atoms with Crippen LogP contribution in [0.2, 0.25) is 5.02 Å². The van der Waals surface area contributed by atoms with Gasteiger partial charge in [-0.2, -0.15) is 0 Å². The Hall–Kier alpha value is -1.66. The van der Waals surface area contributed by atoms with E-state index in [0.717, 1.165) is 44.0 Å². The zero-order chi connectivity index (χ0) is 13.9. The first kappa shape index (κ1) is 13.3. The van der Waals surface area contributed by atoms with Gasteiger partial charge >= 0.3 is 0 Å². The first-order valence-corrected chi connectivity index (χ1v) is 7.01. The Balaban J connectivity index is 1.83. The molecule has 106 valence electrons. The first-order chi connectivity index (χ1) is 9.74. The van der Waals surface area contributed by atoms with Gasteiger partial charge in [0.1, 0.15) is 0 Å². The van der Waals surface area contributed by atoms with Crippen molar-refractivity contribution in [1.82, 2.24) is 20.2 Å². The molecule has 1 fully saturated rings. The van der Waals surface area contributed by atoms with Gasteiger partial charge in [-0.1, -0.05) is 11.6 Å². The summed E-state index contributed by atoms with van der Waals surface area (Å²) in [4.78, 5) is 0. The van der Waals surface area contributed by atoms with Crippen molar-refractivity contribution >= 4 is 17.3 Å². The lowest BCUT2D eigenvalue weighted by atomic mass is 10.0. The molecule has 1 aliphatic heterocycles. The molecule has 0 unspecified atom stereocenters. The van der Waals surface area contributed by atoms with Gasteiger partial charge in [0, 0.05) is 25.3 Å². The van der Waals surface area contributed by atoms with E-state index in [1.54, 1.807) is 12.1 Å². The summed E-state index contributed by atoms with van der Waals surface area (Å²) in [5, 5.41) is 12.5. The van der Waals surface area contributed by atoms with Crippen molar-refractivity contribution < 1.29 is 4.74 Å². The van der Waals surface area contributed by atoms with Crippen molar-refractivity contribution in [1.29, 1.82) is 0 Å². The number of nitrogens with zero attached hydrogens (tertiary/aromatic N) is 4. The molecule has 0 spiro atoms. The van der Waals surface area contributed by atoms with Crippen molar-refractivity contribution in [3.05, 3.63) is 23.2 Å². The van der Waals surface area contributed by atoms with E-state index in [4.69, 9.17) is 22.1 Å². The van der Waals surface area contributed by atoms with E-state index in [2.05, 4.69) is 15.5 Å². The maximum absolute atomic E-state index is 6.06. The van der Waals surface area contributed by atoms with E-state index in [1.165, 1.54) is 0 Å². The fourth-order valence-electron chi connectivity index (χ4n) is 2.37. The molecule has 1 aromatic carbocycles. The summed E-state index contributed by atoms with van der Waals surface area (Å²) in [5.74, 6) is 1.27.